The summed E-state index contributed by atoms with van der Waals surface area (Å²) in [6, 6.07) is 13.9. The first-order valence-electron chi connectivity index (χ1n) is 6.91. The van der Waals surface area contributed by atoms with Crippen LogP contribution in [0.2, 0.25) is 10.0 Å². The molecule has 3 heteroatoms. The second-order valence-corrected chi connectivity index (χ2v) is 5.81. The van der Waals surface area contributed by atoms with Crippen LogP contribution in [0, 0.1) is 0 Å². The molecule has 2 aromatic rings. The number of benzene rings is 2. The standard InChI is InChI=1S/C17H19Cl2N/c1-2-3-4-12-5-7-13(8-6-12)17(20)14-9-10-15(18)16(19)11-14/h5-11,17H,2-4,20H2,1H3. The first-order chi connectivity index (χ1) is 9.61. The maximum Gasteiger partial charge on any atom is 0.0595 e. The second kappa shape index (κ2) is 7.12. The molecule has 2 N–H and O–H groups in total. The van der Waals surface area contributed by atoms with Crippen molar-refractivity contribution in [2.24, 2.45) is 5.73 Å². The van der Waals surface area contributed by atoms with Gasteiger partial charge >= 0.3 is 0 Å². The summed E-state index contributed by atoms with van der Waals surface area (Å²) in [6.45, 7) is 2.20. The molecule has 0 aliphatic rings. The van der Waals surface area contributed by atoms with Crippen LogP contribution < -0.4 is 5.73 Å². The van der Waals surface area contributed by atoms with Crippen molar-refractivity contribution in [1.82, 2.24) is 0 Å². The van der Waals surface area contributed by atoms with Gasteiger partial charge in [-0.25, -0.2) is 0 Å². The lowest BCUT2D eigenvalue weighted by molar-refractivity contribution is 0.793. The van der Waals surface area contributed by atoms with Crippen molar-refractivity contribution in [2.75, 3.05) is 0 Å². The van der Waals surface area contributed by atoms with Crippen molar-refractivity contribution in [3.05, 3.63) is 69.2 Å². The summed E-state index contributed by atoms with van der Waals surface area (Å²) < 4.78 is 0. The Hall–Kier alpha value is -1.02. The van der Waals surface area contributed by atoms with Gasteiger partial charge in [0.1, 0.15) is 0 Å². The molecule has 0 aliphatic heterocycles. The fourth-order valence-corrected chi connectivity index (χ4v) is 2.48. The maximum atomic E-state index is 6.28. The number of aryl methyl sites for hydroxylation is 1. The first-order valence-corrected chi connectivity index (χ1v) is 7.66. The van der Waals surface area contributed by atoms with Crippen molar-refractivity contribution < 1.29 is 0 Å². The third kappa shape index (κ3) is 3.76. The summed E-state index contributed by atoms with van der Waals surface area (Å²) in [6.07, 6.45) is 3.56. The monoisotopic (exact) mass is 307 g/mol. The number of hydrogen-bond acceptors (Lipinski definition) is 1. The van der Waals surface area contributed by atoms with Gasteiger partial charge in [0.15, 0.2) is 0 Å². The van der Waals surface area contributed by atoms with E-state index in [0.717, 1.165) is 17.5 Å². The number of hydrogen-bond donors (Lipinski definition) is 1. The van der Waals surface area contributed by atoms with Crippen LogP contribution in [-0.4, -0.2) is 0 Å². The summed E-state index contributed by atoms with van der Waals surface area (Å²) in [5.74, 6) is 0. The summed E-state index contributed by atoms with van der Waals surface area (Å²) in [4.78, 5) is 0. The predicted molar refractivity (Wildman–Crippen MR) is 87.5 cm³/mol. The minimum Gasteiger partial charge on any atom is -0.320 e. The Kier molecular flexibility index (Phi) is 5.47. The smallest absolute Gasteiger partial charge is 0.0595 e. The Balaban J connectivity index is 2.15. The van der Waals surface area contributed by atoms with Gasteiger partial charge in [-0.3, -0.25) is 0 Å². The molecule has 2 rings (SSSR count). The molecule has 20 heavy (non-hydrogen) atoms. The maximum absolute atomic E-state index is 6.28. The van der Waals surface area contributed by atoms with Crippen molar-refractivity contribution >= 4 is 23.2 Å². The third-order valence-corrected chi connectivity index (χ3v) is 4.20. The van der Waals surface area contributed by atoms with E-state index < -0.39 is 0 Å². The van der Waals surface area contributed by atoms with E-state index in [9.17, 15) is 0 Å². The topological polar surface area (TPSA) is 26.0 Å². The molecule has 0 spiro atoms. The third-order valence-electron chi connectivity index (χ3n) is 3.46. The molecular formula is C17H19Cl2N. The van der Waals surface area contributed by atoms with E-state index in [1.807, 2.05) is 12.1 Å². The Bertz CT molecular complexity index is 564. The zero-order valence-corrected chi connectivity index (χ0v) is 13.1. The summed E-state index contributed by atoms with van der Waals surface area (Å²) in [5.41, 5.74) is 9.70. The van der Waals surface area contributed by atoms with Crippen LogP contribution in [0.1, 0.15) is 42.5 Å². The minimum atomic E-state index is -0.176. The lowest BCUT2D eigenvalue weighted by Gasteiger charge is -2.14. The quantitative estimate of drug-likeness (QED) is 0.788. The van der Waals surface area contributed by atoms with Gasteiger partial charge in [0, 0.05) is 0 Å². The summed E-state index contributed by atoms with van der Waals surface area (Å²) >= 11 is 12.0. The SMILES string of the molecule is CCCCc1ccc(C(N)c2ccc(Cl)c(Cl)c2)cc1. The van der Waals surface area contributed by atoms with Gasteiger partial charge in [0.05, 0.1) is 16.1 Å². The Labute approximate surface area is 130 Å². The molecule has 0 aliphatic carbocycles. The van der Waals surface area contributed by atoms with E-state index in [4.69, 9.17) is 28.9 Å². The number of rotatable bonds is 5. The summed E-state index contributed by atoms with van der Waals surface area (Å²) in [5, 5.41) is 1.09. The Morgan fingerprint density at radius 2 is 1.60 bits per heavy atom. The van der Waals surface area contributed by atoms with Crippen molar-refractivity contribution in [2.45, 2.75) is 32.2 Å². The van der Waals surface area contributed by atoms with E-state index in [1.165, 1.54) is 18.4 Å². The van der Waals surface area contributed by atoms with Crippen molar-refractivity contribution in [3.63, 3.8) is 0 Å². The van der Waals surface area contributed by atoms with Crippen LogP contribution in [0.25, 0.3) is 0 Å². The fourth-order valence-electron chi connectivity index (χ4n) is 2.17. The van der Waals surface area contributed by atoms with Crippen molar-refractivity contribution in [3.8, 4) is 0 Å². The highest BCUT2D eigenvalue weighted by Crippen LogP contribution is 2.27. The molecule has 106 valence electrons. The molecule has 0 saturated carbocycles. The fraction of sp³-hybridized carbons (Fsp3) is 0.294. The zero-order chi connectivity index (χ0) is 14.5. The molecule has 0 amide bonds. The van der Waals surface area contributed by atoms with Gasteiger partial charge in [-0.2, -0.15) is 0 Å². The predicted octanol–water partition coefficient (Wildman–Crippen LogP) is 5.38. The zero-order valence-electron chi connectivity index (χ0n) is 11.6. The second-order valence-electron chi connectivity index (χ2n) is 5.00. The van der Waals surface area contributed by atoms with Gasteiger partial charge < -0.3 is 5.73 Å². The molecule has 0 saturated heterocycles. The molecule has 1 unspecified atom stereocenters. The highest BCUT2D eigenvalue weighted by molar-refractivity contribution is 6.42. The Morgan fingerprint density at radius 3 is 2.20 bits per heavy atom. The number of unbranched alkanes of at least 4 members (excludes halogenated alkanes) is 1. The Morgan fingerprint density at radius 1 is 0.950 bits per heavy atom. The van der Waals surface area contributed by atoms with Gasteiger partial charge in [-0.05, 0) is 41.7 Å². The van der Waals surface area contributed by atoms with Crippen LogP contribution in [0.15, 0.2) is 42.5 Å². The van der Waals surface area contributed by atoms with E-state index in [-0.39, 0.29) is 6.04 Å². The lowest BCUT2D eigenvalue weighted by Crippen LogP contribution is -2.11. The van der Waals surface area contributed by atoms with Crippen molar-refractivity contribution in [1.29, 1.82) is 0 Å². The van der Waals surface area contributed by atoms with Crippen LogP contribution in [0.3, 0.4) is 0 Å². The van der Waals surface area contributed by atoms with Gasteiger partial charge in [-0.1, -0.05) is 66.9 Å². The van der Waals surface area contributed by atoms with Gasteiger partial charge in [0.2, 0.25) is 0 Å². The molecule has 0 aromatic heterocycles. The van der Waals surface area contributed by atoms with Crippen LogP contribution >= 0.6 is 23.2 Å². The van der Waals surface area contributed by atoms with Crippen LogP contribution in [0.5, 0.6) is 0 Å². The van der Waals surface area contributed by atoms with Crippen LogP contribution in [-0.2, 0) is 6.42 Å². The van der Waals surface area contributed by atoms with E-state index in [1.54, 1.807) is 6.07 Å². The number of halogens is 2. The van der Waals surface area contributed by atoms with Gasteiger partial charge in [0.25, 0.3) is 0 Å². The largest absolute Gasteiger partial charge is 0.320 e. The van der Waals surface area contributed by atoms with E-state index in [0.29, 0.717) is 10.0 Å². The minimum absolute atomic E-state index is 0.176. The molecule has 1 atom stereocenters. The number of nitrogens with two attached hydrogens (primary N) is 1. The average molecular weight is 308 g/mol. The van der Waals surface area contributed by atoms with Gasteiger partial charge in [-0.15, -0.1) is 0 Å². The summed E-state index contributed by atoms with van der Waals surface area (Å²) in [7, 11) is 0. The molecular weight excluding hydrogens is 289 g/mol. The highest BCUT2D eigenvalue weighted by Gasteiger charge is 2.10. The van der Waals surface area contributed by atoms with E-state index >= 15 is 0 Å². The van der Waals surface area contributed by atoms with E-state index in [2.05, 4.69) is 31.2 Å². The van der Waals surface area contributed by atoms with Crippen LogP contribution in [0.4, 0.5) is 0 Å². The lowest BCUT2D eigenvalue weighted by atomic mass is 9.97. The molecule has 1 nitrogen and oxygen atoms in total. The molecule has 0 fully saturated rings. The molecule has 2 aromatic carbocycles. The molecule has 0 radical (unpaired) electrons. The normalized spacial score (nSPS) is 12.4. The molecule has 0 heterocycles. The molecule has 0 bridgehead atoms. The first kappa shape index (κ1) is 15.4. The highest BCUT2D eigenvalue weighted by atomic mass is 35.5. The average Bonchev–Trinajstić information content (AvgIpc) is 2.48.